The summed E-state index contributed by atoms with van der Waals surface area (Å²) in [5.74, 6) is -5.00. The zero-order chi connectivity index (χ0) is 80.1. The van der Waals surface area contributed by atoms with Crippen LogP contribution < -0.4 is 40.8 Å². The van der Waals surface area contributed by atoms with Crippen LogP contribution in [0, 0.1) is 35.5 Å². The topological polar surface area (TPSA) is 345 Å². The molecule has 3 aromatic rings. The van der Waals surface area contributed by atoms with Gasteiger partial charge in [0.1, 0.15) is 71.2 Å². The number of ether oxygens (including phenoxy) is 4. The van der Waals surface area contributed by atoms with Crippen molar-refractivity contribution in [2.75, 3.05) is 18.4 Å². The number of fused-ring (bicyclic) bond motifs is 9. The average Bonchev–Trinajstić information content (AvgIpc) is 1.73. The summed E-state index contributed by atoms with van der Waals surface area (Å²) in [7, 11) is -8.09. The summed E-state index contributed by atoms with van der Waals surface area (Å²) in [6.07, 6.45) is 24.8. The lowest BCUT2D eigenvalue weighted by Crippen LogP contribution is -2.70. The van der Waals surface area contributed by atoms with E-state index in [4.69, 9.17) is 23.9 Å². The number of aromatic nitrogens is 1. The third-order valence-corrected chi connectivity index (χ3v) is 31.4. The van der Waals surface area contributed by atoms with E-state index in [1.54, 1.807) is 12.2 Å². The molecule has 4 bridgehead atoms. The predicted octanol–water partition coefficient (Wildman–Crippen LogP) is 11.3. The van der Waals surface area contributed by atoms with Crippen molar-refractivity contribution in [3.63, 3.8) is 0 Å². The Morgan fingerprint density at radius 3 is 1.78 bits per heavy atom. The molecule has 0 spiro atoms. The minimum absolute atomic E-state index is 0.00461. The highest BCUT2D eigenvalue weighted by Crippen LogP contribution is 2.48. The van der Waals surface area contributed by atoms with E-state index in [0.717, 1.165) is 135 Å². The van der Waals surface area contributed by atoms with Gasteiger partial charge in [0.05, 0.1) is 40.5 Å². The van der Waals surface area contributed by atoms with Crippen LogP contribution in [0.5, 0.6) is 5.75 Å². The number of anilines is 1. The standard InChI is InChI=1S/C87H112N10O16S2/c1-4-51-45-74-68(28-12-8-10-20-52-24-17-29-72(52)112-84(104)90-76(54-21-13-14-22-54)80(100)96-49-61(110-74)47-70(96)78(98)92-86(41-39-59(86)5-2)82(102)94-114(106,107)63-34-35-63)89-69-44-56(33-38-65(51)69)55-31-32-58(43-55)77-81(101)97-50-62(48-71(97)79(99)93-87(42-40-60(87)6-3)83(103)95-115(108,109)64-36-37-64)111-75-46-57-23-15-16-26-66(57)88-67(75)27-11-7-9-19-53-25-18-30-73(53)113-85(105)91-77/h4-6,15-16,23,26,33,38,40,42,44,46,52-55,58-64,70-73,76-77,89H,2-3,7-14,17-22,24-25,27-32,34-37,39,41,43,45,47-50H2,1H3,(H,90,104)(H,91,105)(H,92,98)(H,93,99)(H,94,102)(H,95,103)/b51-4-. The molecule has 115 heavy (non-hydrogen) atoms. The molecule has 6 heterocycles. The van der Waals surface area contributed by atoms with Gasteiger partial charge in [0.15, 0.2) is 0 Å². The number of aryl methyl sites for hydroxylation is 1. The van der Waals surface area contributed by atoms with E-state index >= 15 is 19.2 Å². The van der Waals surface area contributed by atoms with E-state index in [1.807, 2.05) is 37.3 Å². The number of benzene rings is 2. The van der Waals surface area contributed by atoms with Crippen molar-refractivity contribution in [3.05, 3.63) is 120 Å². The van der Waals surface area contributed by atoms with Gasteiger partial charge in [-0.2, -0.15) is 0 Å². The number of allylic oxidation sites excluding steroid dienone is 3. The van der Waals surface area contributed by atoms with Crippen LogP contribution in [-0.2, 0) is 69.4 Å². The Balaban J connectivity index is 0.706. The monoisotopic (exact) mass is 1620 g/mol. The maximum atomic E-state index is 16.3. The second kappa shape index (κ2) is 33.3. The summed E-state index contributed by atoms with van der Waals surface area (Å²) in [6.45, 7) is 9.75. The molecule has 8 amide bonds. The molecule has 26 nitrogen and oxygen atoms in total. The number of carbonyl (C=O) groups excluding carboxylic acids is 8. The summed E-state index contributed by atoms with van der Waals surface area (Å²) in [4.78, 5) is 129. The molecule has 8 aliphatic carbocycles. The second-order valence-electron chi connectivity index (χ2n) is 35.1. The number of carbonyl (C=O) groups is 8. The van der Waals surface area contributed by atoms with E-state index in [1.165, 1.54) is 22.0 Å². The Morgan fingerprint density at radius 2 is 1.18 bits per heavy atom. The summed E-state index contributed by atoms with van der Waals surface area (Å²) in [6, 6.07) is 11.4. The van der Waals surface area contributed by atoms with E-state index in [-0.39, 0.29) is 68.2 Å². The lowest BCUT2D eigenvalue weighted by Gasteiger charge is -2.47. The SMILES string of the molecule is C=CC1C=CC1(NC(=O)C1CC2CN1C(=O)C(C1CCC(c3ccc4c(c3)NC3=C(C/C4=C/C)OC4CC(C(=O)NC5(C(=O)NS(=O)(=O)C6CC6)CCC5C=C)N(C4)C(=O)C(C4CCCC4)NC(=O)OC4CCCC4CCCCC3)C1)NC(=O)OC1CCCC1CCCCCc1nc3ccccc3cc1O2)C(=O)NS(=O)(=O)C1CC1. The average molecular weight is 1620 g/mol. The van der Waals surface area contributed by atoms with Crippen molar-refractivity contribution in [2.24, 2.45) is 35.5 Å². The highest BCUT2D eigenvalue weighted by atomic mass is 32.2. The van der Waals surface area contributed by atoms with Crippen LogP contribution in [0.25, 0.3) is 16.5 Å². The largest absolute Gasteiger partial charge is 0.491 e. The fourth-order valence-corrected chi connectivity index (χ4v) is 23.4. The molecule has 1 aromatic heterocycles. The van der Waals surface area contributed by atoms with Gasteiger partial charge in [0.25, 0.3) is 11.8 Å². The van der Waals surface area contributed by atoms with Gasteiger partial charge in [-0.3, -0.25) is 38.2 Å². The van der Waals surface area contributed by atoms with Gasteiger partial charge >= 0.3 is 12.2 Å². The molecule has 5 aliphatic heterocycles. The van der Waals surface area contributed by atoms with E-state index in [0.29, 0.717) is 108 Å². The van der Waals surface area contributed by atoms with Crippen LogP contribution in [0.2, 0.25) is 0 Å². The molecular formula is C87H112N10O16S2. The molecule has 16 unspecified atom stereocenters. The highest BCUT2D eigenvalue weighted by molar-refractivity contribution is 7.91. The van der Waals surface area contributed by atoms with Gasteiger partial charge < -0.3 is 55.3 Å². The van der Waals surface area contributed by atoms with Crippen LogP contribution in [0.1, 0.15) is 229 Å². The third-order valence-electron chi connectivity index (χ3n) is 27.8. The molecule has 618 valence electrons. The maximum Gasteiger partial charge on any atom is 0.408 e. The molecule has 7 N–H and O–H groups in total. The number of amides is 8. The number of alkyl carbamates (subject to hydrolysis) is 2. The predicted molar refractivity (Wildman–Crippen MR) is 431 cm³/mol. The fraction of sp³-hybridized carbons (Fsp3) is 0.621. The number of pyridine rings is 1. The molecule has 0 radical (unpaired) electrons. The van der Waals surface area contributed by atoms with Crippen LogP contribution in [0.4, 0.5) is 15.3 Å². The number of sulfonamides is 2. The Bertz CT molecular complexity index is 4670. The molecule has 28 heteroatoms. The van der Waals surface area contributed by atoms with Crippen LogP contribution in [0.15, 0.2) is 104 Å². The first-order chi connectivity index (χ1) is 55.5. The number of nitrogens with zero attached hydrogens (tertiary/aromatic N) is 3. The number of rotatable bonds is 15. The zero-order valence-corrected chi connectivity index (χ0v) is 67.6. The van der Waals surface area contributed by atoms with Gasteiger partial charge in [-0.15, -0.1) is 13.2 Å². The first kappa shape index (κ1) is 80.0. The van der Waals surface area contributed by atoms with Gasteiger partial charge in [-0.1, -0.05) is 99.2 Å². The fourth-order valence-electron chi connectivity index (χ4n) is 20.7. The van der Waals surface area contributed by atoms with Gasteiger partial charge in [0.2, 0.25) is 43.7 Å². The van der Waals surface area contributed by atoms with Crippen molar-refractivity contribution in [3.8, 4) is 5.75 Å². The van der Waals surface area contributed by atoms with Crippen molar-refractivity contribution in [1.29, 1.82) is 0 Å². The Hall–Kier alpha value is -8.79. The normalized spacial score (nSPS) is 33.4. The summed E-state index contributed by atoms with van der Waals surface area (Å²) >= 11 is 0. The molecule has 7 saturated carbocycles. The van der Waals surface area contributed by atoms with Crippen LogP contribution >= 0.6 is 0 Å². The molecule has 2 aromatic carbocycles. The van der Waals surface area contributed by atoms with Crippen molar-refractivity contribution >= 4 is 89.8 Å². The maximum absolute atomic E-state index is 16.3. The Morgan fingerprint density at radius 1 is 0.591 bits per heavy atom. The van der Waals surface area contributed by atoms with Crippen molar-refractivity contribution in [2.45, 2.75) is 288 Å². The van der Waals surface area contributed by atoms with Gasteiger partial charge in [-0.25, -0.2) is 31.4 Å². The lowest BCUT2D eigenvalue weighted by atomic mass is 9.66. The Labute approximate surface area is 674 Å². The minimum atomic E-state index is -4.07. The molecule has 16 atom stereocenters. The van der Waals surface area contributed by atoms with Crippen molar-refractivity contribution < 1.29 is 74.1 Å². The first-order valence-corrected chi connectivity index (χ1v) is 45.9. The quantitative estimate of drug-likeness (QED) is 0.0695. The molecule has 13 aliphatic rings. The zero-order valence-electron chi connectivity index (χ0n) is 66.0. The van der Waals surface area contributed by atoms with Gasteiger partial charge in [-0.05, 0) is 214 Å². The lowest BCUT2D eigenvalue weighted by molar-refractivity contribution is -0.145. The van der Waals surface area contributed by atoms with Gasteiger partial charge in [0, 0.05) is 47.7 Å². The van der Waals surface area contributed by atoms with Crippen molar-refractivity contribution in [1.82, 2.24) is 45.5 Å². The number of para-hydroxylation sites is 1. The number of hydrogen-bond donors (Lipinski definition) is 7. The van der Waals surface area contributed by atoms with Crippen LogP contribution in [-0.4, -0.2) is 162 Å². The molecule has 9 fully saturated rings. The van der Waals surface area contributed by atoms with E-state index in [2.05, 4.69) is 73.5 Å². The number of nitrogens with one attached hydrogen (secondary N) is 7. The summed E-state index contributed by atoms with van der Waals surface area (Å²) < 4.78 is 85.0. The van der Waals surface area contributed by atoms with E-state index in [9.17, 15) is 36.0 Å². The molecule has 16 rings (SSSR count). The smallest absolute Gasteiger partial charge is 0.408 e. The summed E-state index contributed by atoms with van der Waals surface area (Å²) in [5.41, 5.74) is 2.57. The minimum Gasteiger partial charge on any atom is -0.491 e. The third kappa shape index (κ3) is 16.7. The van der Waals surface area contributed by atoms with Crippen LogP contribution in [0.3, 0.4) is 0 Å². The highest BCUT2D eigenvalue weighted by Gasteiger charge is 2.58. The Kier molecular flexibility index (Phi) is 23.2. The number of hydrogen-bond acceptors (Lipinski definition) is 18. The molecule has 2 saturated heterocycles. The van der Waals surface area contributed by atoms with E-state index < -0.39 is 143 Å². The second-order valence-corrected chi connectivity index (χ2v) is 39.0. The first-order valence-electron chi connectivity index (χ1n) is 42.8. The molecular weight excluding hydrogens is 1510 g/mol. The summed E-state index contributed by atoms with van der Waals surface area (Å²) in [5, 5.41) is 15.4.